The lowest BCUT2D eigenvalue weighted by Gasteiger charge is -2.14. The van der Waals surface area contributed by atoms with Crippen LogP contribution in [0.5, 0.6) is 5.88 Å². The van der Waals surface area contributed by atoms with Gasteiger partial charge in [0.15, 0.2) is 12.3 Å². The van der Waals surface area contributed by atoms with Gasteiger partial charge < -0.3 is 14.0 Å². The molecule has 1 aromatic carbocycles. The van der Waals surface area contributed by atoms with Crippen molar-refractivity contribution in [2.45, 2.75) is 53.2 Å². The molecule has 1 aliphatic heterocycles. The Morgan fingerprint density at radius 3 is 2.65 bits per heavy atom. The van der Waals surface area contributed by atoms with Gasteiger partial charge in [-0.05, 0) is 69.9 Å². The Bertz CT molecular complexity index is 1340. The van der Waals surface area contributed by atoms with E-state index in [-0.39, 0.29) is 18.5 Å². The lowest BCUT2D eigenvalue weighted by Crippen LogP contribution is -2.18. The Balaban J connectivity index is 1.35. The molecule has 176 valence electrons. The van der Waals surface area contributed by atoms with Crippen LogP contribution in [0.4, 0.5) is 0 Å². The number of nitrogens with zero attached hydrogens (tertiary/aromatic N) is 5. The van der Waals surface area contributed by atoms with Crippen LogP contribution in [0.1, 0.15) is 45.7 Å². The molecular formula is C26H29N5O3. The number of carbonyl (C=O) groups excluding carboxylic acids is 1. The topological polar surface area (TPSA) is 84.1 Å². The van der Waals surface area contributed by atoms with Crippen molar-refractivity contribution >= 4 is 16.8 Å². The molecule has 0 bridgehead atoms. The molecule has 1 atom stereocenters. The van der Waals surface area contributed by atoms with Crippen molar-refractivity contribution < 1.29 is 14.3 Å². The van der Waals surface area contributed by atoms with E-state index in [9.17, 15) is 4.79 Å². The van der Waals surface area contributed by atoms with E-state index < -0.39 is 0 Å². The molecule has 34 heavy (non-hydrogen) atoms. The van der Waals surface area contributed by atoms with Gasteiger partial charge in [0.2, 0.25) is 11.7 Å². The van der Waals surface area contributed by atoms with E-state index in [1.54, 1.807) is 10.9 Å². The summed E-state index contributed by atoms with van der Waals surface area (Å²) in [6.45, 7) is 9.59. The molecule has 1 fully saturated rings. The average Bonchev–Trinajstić information content (AvgIpc) is 3.53. The highest BCUT2D eigenvalue weighted by Gasteiger charge is 2.22. The van der Waals surface area contributed by atoms with Gasteiger partial charge >= 0.3 is 0 Å². The summed E-state index contributed by atoms with van der Waals surface area (Å²) >= 11 is 0. The monoisotopic (exact) mass is 459 g/mol. The van der Waals surface area contributed by atoms with Crippen molar-refractivity contribution in [3.05, 3.63) is 64.9 Å². The summed E-state index contributed by atoms with van der Waals surface area (Å²) < 4.78 is 15.6. The summed E-state index contributed by atoms with van der Waals surface area (Å²) in [4.78, 5) is 21.7. The van der Waals surface area contributed by atoms with Crippen LogP contribution in [0.2, 0.25) is 0 Å². The summed E-state index contributed by atoms with van der Waals surface area (Å²) in [6, 6.07) is 8.15. The molecule has 3 aromatic heterocycles. The fourth-order valence-corrected chi connectivity index (χ4v) is 4.77. The van der Waals surface area contributed by atoms with E-state index in [0.29, 0.717) is 22.5 Å². The highest BCUT2D eigenvalue weighted by molar-refractivity contribution is 5.98. The molecule has 0 unspecified atom stereocenters. The van der Waals surface area contributed by atoms with Gasteiger partial charge in [0.1, 0.15) is 11.7 Å². The summed E-state index contributed by atoms with van der Waals surface area (Å²) in [5.41, 5.74) is 6.52. The van der Waals surface area contributed by atoms with Gasteiger partial charge in [-0.2, -0.15) is 5.10 Å². The molecule has 8 nitrogen and oxygen atoms in total. The standard InChI is InChI=1S/C26H29N5O3/c1-16-8-17(2)10-20(9-16)31-25-23(12-29-31)26(28-15-27-25)34-14-24(32)22-11-18(3)30(19(22)4)13-21-6-5-7-33-21/h8-12,15,21H,5-7,13-14H2,1-4H3/t21-/m0/s1. The van der Waals surface area contributed by atoms with Crippen LogP contribution >= 0.6 is 0 Å². The second-order valence-electron chi connectivity index (χ2n) is 9.06. The first-order chi connectivity index (χ1) is 16.4. The summed E-state index contributed by atoms with van der Waals surface area (Å²) in [5.74, 6) is 0.266. The number of ether oxygens (including phenoxy) is 2. The summed E-state index contributed by atoms with van der Waals surface area (Å²) in [5, 5.41) is 5.17. The normalized spacial score (nSPS) is 15.8. The second kappa shape index (κ2) is 9.02. The number of hydrogen-bond acceptors (Lipinski definition) is 6. The molecule has 4 aromatic rings. The highest BCUT2D eigenvalue weighted by Crippen LogP contribution is 2.25. The summed E-state index contributed by atoms with van der Waals surface area (Å²) in [7, 11) is 0. The molecule has 0 amide bonds. The Hall–Kier alpha value is -3.52. The number of ketones is 1. The minimum atomic E-state index is -0.106. The van der Waals surface area contributed by atoms with E-state index in [2.05, 4.69) is 51.7 Å². The molecule has 0 saturated carbocycles. The Kier molecular flexibility index (Phi) is 5.91. The predicted octanol–water partition coefficient (Wildman–Crippen LogP) is 4.29. The van der Waals surface area contributed by atoms with E-state index in [4.69, 9.17) is 9.47 Å². The van der Waals surface area contributed by atoms with E-state index >= 15 is 0 Å². The Morgan fingerprint density at radius 2 is 1.91 bits per heavy atom. The van der Waals surface area contributed by atoms with Gasteiger partial charge in [-0.15, -0.1) is 0 Å². The average molecular weight is 460 g/mol. The number of carbonyl (C=O) groups is 1. The second-order valence-corrected chi connectivity index (χ2v) is 9.06. The van der Waals surface area contributed by atoms with Crippen molar-refractivity contribution in [1.29, 1.82) is 0 Å². The molecule has 0 spiro atoms. The van der Waals surface area contributed by atoms with Crippen LogP contribution in [0.25, 0.3) is 16.7 Å². The van der Waals surface area contributed by atoms with Gasteiger partial charge in [-0.3, -0.25) is 4.79 Å². The maximum atomic E-state index is 13.0. The number of fused-ring (bicyclic) bond motifs is 1. The lowest BCUT2D eigenvalue weighted by atomic mass is 10.1. The molecule has 1 aliphatic rings. The molecule has 0 N–H and O–H groups in total. The van der Waals surface area contributed by atoms with Crippen molar-refractivity contribution in [2.75, 3.05) is 13.2 Å². The maximum absolute atomic E-state index is 13.0. The van der Waals surface area contributed by atoms with E-state index in [1.807, 2.05) is 19.9 Å². The zero-order valence-corrected chi connectivity index (χ0v) is 20.0. The van der Waals surface area contributed by atoms with Crippen LogP contribution in [-0.2, 0) is 11.3 Å². The minimum absolute atomic E-state index is 0.0832. The van der Waals surface area contributed by atoms with E-state index in [1.165, 1.54) is 6.33 Å². The third-order valence-corrected chi connectivity index (χ3v) is 6.40. The van der Waals surface area contributed by atoms with Crippen molar-refractivity contribution in [3.8, 4) is 11.6 Å². The van der Waals surface area contributed by atoms with E-state index in [0.717, 1.165) is 54.2 Å². The molecule has 0 radical (unpaired) electrons. The van der Waals surface area contributed by atoms with Crippen LogP contribution in [0, 0.1) is 27.7 Å². The van der Waals surface area contributed by atoms with Crippen molar-refractivity contribution in [2.24, 2.45) is 0 Å². The number of hydrogen-bond donors (Lipinski definition) is 0. The molecule has 4 heterocycles. The molecule has 5 rings (SSSR count). The van der Waals surface area contributed by atoms with Crippen molar-refractivity contribution in [3.63, 3.8) is 0 Å². The van der Waals surface area contributed by atoms with Crippen LogP contribution in [-0.4, -0.2) is 49.4 Å². The van der Waals surface area contributed by atoms with Gasteiger partial charge in [0.25, 0.3) is 0 Å². The van der Waals surface area contributed by atoms with Gasteiger partial charge in [0, 0.05) is 30.1 Å². The smallest absolute Gasteiger partial charge is 0.228 e. The fraction of sp³-hybridized carbons (Fsp3) is 0.385. The zero-order valence-electron chi connectivity index (χ0n) is 20.0. The van der Waals surface area contributed by atoms with Gasteiger partial charge in [-0.1, -0.05) is 6.07 Å². The number of aryl methyl sites for hydroxylation is 3. The zero-order chi connectivity index (χ0) is 23.8. The summed E-state index contributed by atoms with van der Waals surface area (Å²) in [6.07, 6.45) is 5.49. The Morgan fingerprint density at radius 1 is 1.12 bits per heavy atom. The predicted molar refractivity (Wildman–Crippen MR) is 129 cm³/mol. The lowest BCUT2D eigenvalue weighted by molar-refractivity contribution is 0.0912. The van der Waals surface area contributed by atoms with Gasteiger partial charge in [-0.25, -0.2) is 14.6 Å². The highest BCUT2D eigenvalue weighted by atomic mass is 16.5. The maximum Gasteiger partial charge on any atom is 0.228 e. The molecular weight excluding hydrogens is 430 g/mol. The van der Waals surface area contributed by atoms with Crippen LogP contribution in [0.15, 0.2) is 36.8 Å². The molecule has 1 saturated heterocycles. The molecule has 8 heteroatoms. The third-order valence-electron chi connectivity index (χ3n) is 6.40. The number of aromatic nitrogens is 5. The largest absolute Gasteiger partial charge is 0.469 e. The first-order valence-electron chi connectivity index (χ1n) is 11.6. The quantitative estimate of drug-likeness (QED) is 0.383. The van der Waals surface area contributed by atoms with Crippen LogP contribution < -0.4 is 4.74 Å². The first kappa shape index (κ1) is 22.3. The number of benzene rings is 1. The number of Topliss-reactive ketones (excluding diaryl/α,β-unsaturated/α-hetero) is 1. The Labute approximate surface area is 198 Å². The first-order valence-corrected chi connectivity index (χ1v) is 11.6. The van der Waals surface area contributed by atoms with Crippen molar-refractivity contribution in [1.82, 2.24) is 24.3 Å². The minimum Gasteiger partial charge on any atom is -0.469 e. The van der Waals surface area contributed by atoms with Crippen LogP contribution in [0.3, 0.4) is 0 Å². The fourth-order valence-electron chi connectivity index (χ4n) is 4.77. The molecule has 0 aliphatic carbocycles. The SMILES string of the molecule is Cc1cc(C)cc(-n2ncc3c(OCC(=O)c4cc(C)n(C[C@@H]5CCCO5)c4C)ncnc32)c1. The number of rotatable bonds is 7. The van der Waals surface area contributed by atoms with Gasteiger partial charge in [0.05, 0.1) is 18.0 Å². The third kappa shape index (κ3) is 4.21.